The standard InChI is InChI=1S/C9H14N2S2/c1-8(2)6(5-10)7(11)12-9(3,4)13-8/h11H2,1-4H3. The first-order chi connectivity index (χ1) is 5.78. The van der Waals surface area contributed by atoms with Crippen molar-refractivity contribution < 1.29 is 0 Å². The van der Waals surface area contributed by atoms with Gasteiger partial charge in [-0.15, -0.1) is 11.8 Å². The fraction of sp³-hybridized carbons (Fsp3) is 0.667. The normalized spacial score (nSPS) is 25.5. The molecule has 0 unspecified atom stereocenters. The second-order valence-corrected chi connectivity index (χ2v) is 8.13. The van der Waals surface area contributed by atoms with Gasteiger partial charge in [0, 0.05) is 4.75 Å². The molecule has 0 aromatic heterocycles. The fourth-order valence-electron chi connectivity index (χ4n) is 1.49. The molecule has 0 atom stereocenters. The fourth-order valence-corrected chi connectivity index (χ4v) is 5.03. The summed E-state index contributed by atoms with van der Waals surface area (Å²) in [6.07, 6.45) is 0. The molecular weight excluding hydrogens is 200 g/mol. The summed E-state index contributed by atoms with van der Waals surface area (Å²) in [4.78, 5) is 0. The highest BCUT2D eigenvalue weighted by Crippen LogP contribution is 2.54. The van der Waals surface area contributed by atoms with Gasteiger partial charge in [-0.25, -0.2) is 0 Å². The van der Waals surface area contributed by atoms with Crippen molar-refractivity contribution in [1.29, 1.82) is 5.26 Å². The van der Waals surface area contributed by atoms with Crippen molar-refractivity contribution in [2.45, 2.75) is 36.5 Å². The second kappa shape index (κ2) is 3.14. The molecule has 0 spiro atoms. The van der Waals surface area contributed by atoms with Gasteiger partial charge in [0.25, 0.3) is 0 Å². The first-order valence-corrected chi connectivity index (χ1v) is 5.71. The molecule has 2 N–H and O–H groups in total. The Labute approximate surface area is 87.9 Å². The van der Waals surface area contributed by atoms with Gasteiger partial charge in [-0.05, 0) is 27.7 Å². The number of hydrogen-bond donors (Lipinski definition) is 1. The van der Waals surface area contributed by atoms with E-state index in [1.165, 1.54) is 0 Å². The molecule has 0 bridgehead atoms. The summed E-state index contributed by atoms with van der Waals surface area (Å²) < 4.78 is -0.0957. The second-order valence-electron chi connectivity index (χ2n) is 3.97. The Hall–Kier alpha value is -0.270. The summed E-state index contributed by atoms with van der Waals surface area (Å²) in [5.41, 5.74) is 6.56. The van der Waals surface area contributed by atoms with Crippen LogP contribution in [0.15, 0.2) is 10.6 Å². The molecule has 0 saturated carbocycles. The van der Waals surface area contributed by atoms with Crippen molar-refractivity contribution in [3.8, 4) is 6.07 Å². The minimum Gasteiger partial charge on any atom is -0.393 e. The molecule has 1 aliphatic heterocycles. The zero-order valence-electron chi connectivity index (χ0n) is 8.34. The van der Waals surface area contributed by atoms with Gasteiger partial charge in [-0.1, -0.05) is 11.8 Å². The molecule has 4 heteroatoms. The minimum absolute atomic E-state index is 0.0634. The molecule has 0 aromatic carbocycles. The van der Waals surface area contributed by atoms with Crippen molar-refractivity contribution >= 4 is 23.5 Å². The van der Waals surface area contributed by atoms with E-state index in [-0.39, 0.29) is 8.83 Å². The highest BCUT2D eigenvalue weighted by molar-refractivity contribution is 8.21. The Kier molecular flexibility index (Phi) is 2.61. The number of nitrogens with two attached hydrogens (primary N) is 1. The molecule has 0 amide bonds. The van der Waals surface area contributed by atoms with Crippen molar-refractivity contribution in [2.75, 3.05) is 0 Å². The Balaban J connectivity index is 3.15. The van der Waals surface area contributed by atoms with E-state index in [2.05, 4.69) is 19.9 Å². The van der Waals surface area contributed by atoms with Crippen molar-refractivity contribution in [1.82, 2.24) is 0 Å². The number of nitrogens with zero attached hydrogens (tertiary/aromatic N) is 1. The molecule has 1 aliphatic rings. The Bertz CT molecular complexity index is 297. The maximum Gasteiger partial charge on any atom is 0.0989 e. The Morgan fingerprint density at radius 3 is 2.23 bits per heavy atom. The van der Waals surface area contributed by atoms with Gasteiger partial charge < -0.3 is 5.73 Å². The SMILES string of the molecule is CC1(C)SC(N)=C(C#N)C(C)(C)S1. The highest BCUT2D eigenvalue weighted by Gasteiger charge is 2.40. The average molecular weight is 214 g/mol. The first-order valence-electron chi connectivity index (χ1n) is 4.08. The maximum absolute atomic E-state index is 8.95. The van der Waals surface area contributed by atoms with Crippen LogP contribution in [0.1, 0.15) is 27.7 Å². The largest absolute Gasteiger partial charge is 0.393 e. The molecule has 1 rings (SSSR count). The van der Waals surface area contributed by atoms with Gasteiger partial charge in [0.1, 0.15) is 0 Å². The molecule has 0 aromatic rings. The highest BCUT2D eigenvalue weighted by atomic mass is 32.2. The summed E-state index contributed by atoms with van der Waals surface area (Å²) in [5, 5.41) is 9.63. The average Bonchev–Trinajstić information content (AvgIpc) is 1.79. The Morgan fingerprint density at radius 1 is 1.31 bits per heavy atom. The Morgan fingerprint density at radius 2 is 1.85 bits per heavy atom. The number of thioether (sulfide) groups is 2. The predicted molar refractivity (Wildman–Crippen MR) is 60.2 cm³/mol. The lowest BCUT2D eigenvalue weighted by atomic mass is 10.1. The van der Waals surface area contributed by atoms with Gasteiger partial charge in [0.2, 0.25) is 0 Å². The van der Waals surface area contributed by atoms with Crippen LogP contribution in [0.2, 0.25) is 0 Å². The van der Waals surface area contributed by atoms with Gasteiger partial charge in [0.05, 0.1) is 20.8 Å². The summed E-state index contributed by atoms with van der Waals surface area (Å²) in [6.45, 7) is 8.35. The van der Waals surface area contributed by atoms with Crippen molar-refractivity contribution in [3.63, 3.8) is 0 Å². The lowest BCUT2D eigenvalue weighted by molar-refractivity contribution is 0.827. The number of nitriles is 1. The zero-order chi connectivity index (χ0) is 10.3. The van der Waals surface area contributed by atoms with Crippen LogP contribution in [0, 0.1) is 11.3 Å². The summed E-state index contributed by atoms with van der Waals surface area (Å²) in [6, 6.07) is 2.19. The van der Waals surface area contributed by atoms with Crippen LogP contribution in [0.25, 0.3) is 0 Å². The quantitative estimate of drug-likeness (QED) is 0.673. The zero-order valence-corrected chi connectivity index (χ0v) is 9.97. The first kappa shape index (κ1) is 10.8. The lowest BCUT2D eigenvalue weighted by Gasteiger charge is -2.39. The van der Waals surface area contributed by atoms with Crippen LogP contribution in [0.5, 0.6) is 0 Å². The molecule has 0 radical (unpaired) electrons. The van der Waals surface area contributed by atoms with E-state index in [0.717, 1.165) is 0 Å². The third-order valence-corrected chi connectivity index (χ3v) is 4.44. The van der Waals surface area contributed by atoms with E-state index in [9.17, 15) is 0 Å². The van der Waals surface area contributed by atoms with Crippen LogP contribution in [-0.2, 0) is 0 Å². The van der Waals surface area contributed by atoms with Gasteiger partial charge in [-0.3, -0.25) is 0 Å². The van der Waals surface area contributed by atoms with Crippen LogP contribution in [0.3, 0.4) is 0 Å². The summed E-state index contributed by atoms with van der Waals surface area (Å²) in [7, 11) is 0. The minimum atomic E-state index is -0.159. The van der Waals surface area contributed by atoms with Gasteiger partial charge in [-0.2, -0.15) is 5.26 Å². The van der Waals surface area contributed by atoms with Crippen LogP contribution < -0.4 is 5.73 Å². The monoisotopic (exact) mass is 214 g/mol. The molecule has 1 heterocycles. The topological polar surface area (TPSA) is 49.8 Å². The third kappa shape index (κ3) is 2.15. The van der Waals surface area contributed by atoms with Crippen molar-refractivity contribution in [3.05, 3.63) is 10.6 Å². The molecule has 72 valence electrons. The number of hydrogen-bond acceptors (Lipinski definition) is 4. The van der Waals surface area contributed by atoms with Crippen molar-refractivity contribution in [2.24, 2.45) is 5.73 Å². The van der Waals surface area contributed by atoms with Crippen LogP contribution in [0.4, 0.5) is 0 Å². The summed E-state index contributed by atoms with van der Waals surface area (Å²) in [5.74, 6) is 0. The van der Waals surface area contributed by atoms with Crippen LogP contribution >= 0.6 is 23.5 Å². The van der Waals surface area contributed by atoms with E-state index >= 15 is 0 Å². The molecule has 13 heavy (non-hydrogen) atoms. The smallest absolute Gasteiger partial charge is 0.0989 e. The number of rotatable bonds is 0. The predicted octanol–water partition coefficient (Wildman–Crippen LogP) is 2.67. The molecule has 0 aliphatic carbocycles. The van der Waals surface area contributed by atoms with Crippen LogP contribution in [-0.4, -0.2) is 8.83 Å². The van der Waals surface area contributed by atoms with Gasteiger partial charge >= 0.3 is 0 Å². The lowest BCUT2D eigenvalue weighted by Crippen LogP contribution is -2.32. The van der Waals surface area contributed by atoms with E-state index in [1.807, 2.05) is 13.8 Å². The maximum atomic E-state index is 8.95. The van der Waals surface area contributed by atoms with E-state index in [0.29, 0.717) is 10.6 Å². The van der Waals surface area contributed by atoms with Gasteiger partial charge in [0.15, 0.2) is 0 Å². The molecule has 0 saturated heterocycles. The molecule has 0 fully saturated rings. The molecule has 2 nitrogen and oxygen atoms in total. The summed E-state index contributed by atoms with van der Waals surface area (Å²) >= 11 is 3.36. The third-order valence-electron chi connectivity index (χ3n) is 1.82. The van der Waals surface area contributed by atoms with E-state index in [4.69, 9.17) is 11.0 Å². The van der Waals surface area contributed by atoms with E-state index < -0.39 is 0 Å². The van der Waals surface area contributed by atoms with E-state index in [1.54, 1.807) is 23.5 Å². The molecular formula is C9H14N2S2.